The summed E-state index contributed by atoms with van der Waals surface area (Å²) in [6, 6.07) is 3.66. The van der Waals surface area contributed by atoms with Crippen molar-refractivity contribution in [1.82, 2.24) is 0 Å². The third-order valence-corrected chi connectivity index (χ3v) is 5.79. The zero-order chi connectivity index (χ0) is 14.5. The van der Waals surface area contributed by atoms with E-state index in [1.54, 1.807) is 14.2 Å². The van der Waals surface area contributed by atoms with Gasteiger partial charge in [0, 0.05) is 0 Å². The van der Waals surface area contributed by atoms with E-state index in [-0.39, 0.29) is 25.8 Å². The first-order valence-electron chi connectivity index (χ1n) is 6.88. The van der Waals surface area contributed by atoms with Crippen molar-refractivity contribution in [3.8, 4) is 11.5 Å². The molecule has 0 spiro atoms. The molecule has 0 bridgehead atoms. The molecule has 2 rings (SSSR count). The van der Waals surface area contributed by atoms with Crippen molar-refractivity contribution < 1.29 is 34.6 Å². The van der Waals surface area contributed by atoms with Crippen LogP contribution in [0, 0.1) is 0 Å². The van der Waals surface area contributed by atoms with Crippen LogP contribution in [-0.4, -0.2) is 25.4 Å². The topological polar surface area (TPSA) is 35.5 Å². The van der Waals surface area contributed by atoms with Gasteiger partial charge in [-0.05, 0) is 55.1 Å². The van der Waals surface area contributed by atoms with Crippen molar-refractivity contribution in [2.75, 3.05) is 14.2 Å². The maximum atomic E-state index is 12.7. The predicted octanol–water partition coefficient (Wildman–Crippen LogP) is 1.73. The molecule has 1 fully saturated rings. The minimum Gasteiger partial charge on any atom is -1.00 e. The van der Waals surface area contributed by atoms with Crippen LogP contribution in [-0.2, 0) is 0 Å². The van der Waals surface area contributed by atoms with Gasteiger partial charge >= 0.3 is 18.9 Å². The minimum atomic E-state index is 0. The molecule has 0 aliphatic heterocycles. The number of halogens is 1. The normalized spacial score (nSPS) is 15.8. The summed E-state index contributed by atoms with van der Waals surface area (Å²) in [4.78, 5) is 12.7. The van der Waals surface area contributed by atoms with Crippen LogP contribution in [0.15, 0.2) is 16.6 Å². The molecule has 0 radical (unpaired) electrons. The van der Waals surface area contributed by atoms with Gasteiger partial charge in [-0.15, -0.1) is 0 Å². The minimum absolute atomic E-state index is 0. The van der Waals surface area contributed by atoms with Crippen LogP contribution in [0.3, 0.4) is 0 Å². The van der Waals surface area contributed by atoms with E-state index in [2.05, 4.69) is 15.9 Å². The maximum absolute atomic E-state index is 12.7. The fourth-order valence-electron chi connectivity index (χ4n) is 2.63. The zero-order valence-corrected chi connectivity index (χ0v) is 15.5. The van der Waals surface area contributed by atoms with Crippen LogP contribution in [0.25, 0.3) is 0 Å². The summed E-state index contributed by atoms with van der Waals surface area (Å²) < 4.78 is 11.5. The third-order valence-electron chi connectivity index (χ3n) is 3.66. The molecule has 0 N–H and O–H groups in total. The Labute approximate surface area is 150 Å². The second-order valence-corrected chi connectivity index (χ2v) is 7.38. The van der Waals surface area contributed by atoms with Gasteiger partial charge in [0.25, 0.3) is 0 Å². The van der Waals surface area contributed by atoms with Crippen LogP contribution in [0.1, 0.15) is 43.9 Å². The van der Waals surface area contributed by atoms with Gasteiger partial charge in [-0.3, -0.25) is 4.79 Å². The first-order chi connectivity index (χ1) is 9.67. The first kappa shape index (κ1) is 19.0. The fourth-order valence-corrected chi connectivity index (χ4v) is 4.57. The number of hydrogen-bond acceptors (Lipinski definition) is 3. The molecule has 0 heterocycles. The third kappa shape index (κ3) is 4.73. The van der Waals surface area contributed by atoms with E-state index in [4.69, 9.17) is 9.47 Å². The summed E-state index contributed by atoms with van der Waals surface area (Å²) in [5.41, 5.74) is 1.25. The average Bonchev–Trinajstić information content (AvgIpc) is 2.47. The number of hydrogen-bond donors (Lipinski definition) is 0. The van der Waals surface area contributed by atoms with Crippen molar-refractivity contribution in [2.24, 2.45) is 0 Å². The monoisotopic (exact) mass is 366 g/mol. The molecule has 0 amide bonds. The van der Waals surface area contributed by atoms with Crippen LogP contribution < -0.4 is 28.3 Å². The summed E-state index contributed by atoms with van der Waals surface area (Å²) in [6.45, 7) is 0. The molecule has 6 heteroatoms. The van der Waals surface area contributed by atoms with Gasteiger partial charge in [0.15, 0.2) is 5.52 Å². The van der Waals surface area contributed by atoms with Crippen LogP contribution in [0.5, 0.6) is 11.5 Å². The average molecular weight is 367 g/mol. The van der Waals surface area contributed by atoms with Crippen molar-refractivity contribution in [3.63, 3.8) is 0 Å². The molecule has 1 aromatic rings. The summed E-state index contributed by atoms with van der Waals surface area (Å²) in [5.74, 6) is 1.18. The van der Waals surface area contributed by atoms with Crippen molar-refractivity contribution >= 4 is 30.0 Å². The molecule has 1 unspecified atom stereocenters. The summed E-state index contributed by atoms with van der Waals surface area (Å²) in [6.07, 6.45) is 6.14. The number of benzene rings is 1. The Balaban J connectivity index is 0.00000220. The SMILES string of the molecule is COc1ccc(Br)c(OC)c1C(=O)PC1CCCCC1.[H-].[Li+]. The number of rotatable bonds is 5. The number of carbonyl (C=O) groups is 1. The fraction of sp³-hybridized carbons (Fsp3) is 0.533. The largest absolute Gasteiger partial charge is 1.00 e. The van der Waals surface area contributed by atoms with Gasteiger partial charge in [0.05, 0.1) is 18.7 Å². The van der Waals surface area contributed by atoms with Gasteiger partial charge in [-0.1, -0.05) is 19.3 Å². The second-order valence-electron chi connectivity index (χ2n) is 4.97. The van der Waals surface area contributed by atoms with E-state index in [9.17, 15) is 4.79 Å². The first-order valence-corrected chi connectivity index (χ1v) is 8.75. The number of methoxy groups -OCH3 is 2. The van der Waals surface area contributed by atoms with E-state index in [1.165, 1.54) is 32.1 Å². The van der Waals surface area contributed by atoms with Crippen molar-refractivity contribution in [3.05, 3.63) is 22.2 Å². The van der Waals surface area contributed by atoms with E-state index < -0.39 is 0 Å². The van der Waals surface area contributed by atoms with Gasteiger partial charge in [-0.25, -0.2) is 0 Å². The molecule has 1 aromatic carbocycles. The molecule has 0 aromatic heterocycles. The molecule has 112 valence electrons. The molecule has 1 aliphatic rings. The Hall–Kier alpha value is -0.00260. The van der Waals surface area contributed by atoms with E-state index in [0.717, 1.165) is 4.47 Å². The van der Waals surface area contributed by atoms with Gasteiger partial charge in [0.1, 0.15) is 17.1 Å². The predicted molar refractivity (Wildman–Crippen MR) is 87.9 cm³/mol. The molecule has 1 saturated carbocycles. The quantitative estimate of drug-likeness (QED) is 0.588. The van der Waals surface area contributed by atoms with E-state index in [1.807, 2.05) is 12.1 Å². The number of ether oxygens (including phenoxy) is 2. The van der Waals surface area contributed by atoms with E-state index in [0.29, 0.717) is 31.3 Å². The Morgan fingerprint density at radius 1 is 1.24 bits per heavy atom. The second kappa shape index (κ2) is 9.21. The Bertz CT molecular complexity index is 496. The van der Waals surface area contributed by atoms with E-state index >= 15 is 0 Å². The zero-order valence-electron chi connectivity index (χ0n) is 13.9. The Morgan fingerprint density at radius 2 is 1.90 bits per heavy atom. The van der Waals surface area contributed by atoms with Gasteiger partial charge in [-0.2, -0.15) is 0 Å². The standard InChI is InChI=1S/C15H20BrO3P.Li.H/c1-18-12-9-8-11(16)14(19-2)13(12)15(17)20-10-6-4-3-5-7-10;;/h8-10,20H,3-7H2,1-2H3;;/q;+1;-1. The molecular weight excluding hydrogens is 346 g/mol. The van der Waals surface area contributed by atoms with Crippen LogP contribution in [0.2, 0.25) is 0 Å². The summed E-state index contributed by atoms with van der Waals surface area (Å²) in [5, 5.41) is 0. The Kier molecular flexibility index (Phi) is 8.35. The van der Waals surface area contributed by atoms with Gasteiger partial charge in [0.2, 0.25) is 0 Å². The molecule has 1 aliphatic carbocycles. The molecule has 1 atom stereocenters. The van der Waals surface area contributed by atoms with Crippen molar-refractivity contribution in [2.45, 2.75) is 37.8 Å². The van der Waals surface area contributed by atoms with Crippen molar-refractivity contribution in [1.29, 1.82) is 0 Å². The van der Waals surface area contributed by atoms with Crippen LogP contribution >= 0.6 is 24.5 Å². The van der Waals surface area contributed by atoms with Crippen LogP contribution in [0.4, 0.5) is 0 Å². The maximum Gasteiger partial charge on any atom is 1.00 e. The van der Waals surface area contributed by atoms with Gasteiger partial charge < -0.3 is 10.9 Å². The number of carbonyl (C=O) groups excluding carboxylic acids is 1. The Morgan fingerprint density at radius 3 is 2.48 bits per heavy atom. The summed E-state index contributed by atoms with van der Waals surface area (Å²) in [7, 11) is 3.48. The molecular formula is C15H21BrLiO3P. The smallest absolute Gasteiger partial charge is 1.00 e. The molecule has 3 nitrogen and oxygen atoms in total. The molecule has 21 heavy (non-hydrogen) atoms. The summed E-state index contributed by atoms with van der Waals surface area (Å²) >= 11 is 3.43. The molecule has 0 saturated heterocycles.